The van der Waals surface area contributed by atoms with Crippen LogP contribution in [0.15, 0.2) is 127 Å². The van der Waals surface area contributed by atoms with Gasteiger partial charge < -0.3 is 18.6 Å². The van der Waals surface area contributed by atoms with Crippen LogP contribution in [0.3, 0.4) is 0 Å². The summed E-state index contributed by atoms with van der Waals surface area (Å²) in [6, 6.07) is 50.3. The number of aromatic nitrogens is 2. The molecule has 4 nitrogen and oxygen atoms in total. The maximum absolute atomic E-state index is 6.20. The molecule has 1 atom stereocenters. The number of hydrogen-bond donors (Lipinski definition) is 0. The first-order chi connectivity index (χ1) is 36.0. The first kappa shape index (κ1) is 55.5. The van der Waals surface area contributed by atoms with Gasteiger partial charge in [0.25, 0.3) is 0 Å². The van der Waals surface area contributed by atoms with Gasteiger partial charge in [-0.25, -0.2) is 0 Å². The monoisotopic (exact) mass is 1130 g/mol. The molecule has 0 aliphatic heterocycles. The number of hydrogen-bond acceptors (Lipinski definition) is 2. The van der Waals surface area contributed by atoms with E-state index in [0.717, 1.165) is 32.5 Å². The molecule has 0 N–H and O–H groups in total. The molecular weight excluding hydrogens is 1050 g/mol. The molecular formula is C67H78Cl2N2O2SiZr. The average molecular weight is 1130 g/mol. The molecule has 1 unspecified atom stereocenters. The maximum atomic E-state index is 6.20. The van der Waals surface area contributed by atoms with Gasteiger partial charge >= 0.3 is 37.9 Å². The molecule has 0 saturated heterocycles. The fraction of sp³-hybridized carbons (Fsp3) is 0.373. The van der Waals surface area contributed by atoms with Crippen LogP contribution in [-0.4, -0.2) is 41.6 Å². The van der Waals surface area contributed by atoms with Crippen LogP contribution in [0, 0.1) is 13.8 Å². The summed E-state index contributed by atoms with van der Waals surface area (Å²) in [4.78, 5) is 0. The summed E-state index contributed by atoms with van der Waals surface area (Å²) in [5.74, 6) is 0. The van der Waals surface area contributed by atoms with Crippen LogP contribution in [0.5, 0.6) is 0 Å². The van der Waals surface area contributed by atoms with Gasteiger partial charge in [0.2, 0.25) is 0 Å². The van der Waals surface area contributed by atoms with Crippen LogP contribution in [0.1, 0.15) is 110 Å². The predicted molar refractivity (Wildman–Crippen MR) is 327 cm³/mol. The zero-order chi connectivity index (χ0) is 53.2. The molecule has 0 fully saturated rings. The molecule has 0 amide bonds. The number of benzene rings is 6. The van der Waals surface area contributed by atoms with Gasteiger partial charge in [0.15, 0.2) is 0 Å². The molecule has 0 spiro atoms. The van der Waals surface area contributed by atoms with Crippen molar-refractivity contribution in [2.24, 2.45) is 14.1 Å². The fourth-order valence-corrected chi connectivity index (χ4v) is 18.1. The SMILES string of the molecule is Cc1cc2c(-c3ccc4c(c3)c3ccccc3n4C)cccc2[c-]1[Si](C)(CCCCCCOC(C)(C)C)[c-]1c(C)c(CCCCCCOC(C)(C)C)c2c(-c3ccc4c(c3)c3ccccc3n4C)cccc21.[Cl][Zr+2][Cl]. The summed E-state index contributed by atoms with van der Waals surface area (Å²) < 4.78 is 17.0. The minimum absolute atomic E-state index is 0.0941. The topological polar surface area (TPSA) is 28.3 Å². The number of aryl methyl sites for hydroxylation is 4. The standard InChI is InChI=1S/C67H78N2O2Si.2ClH.Zr/c1-45-42-56-50(47-35-37-61-57(43-47)52-27-17-19-33-59(52)68(61)9)29-24-31-54(56)64(45)72(11,41-23-15-14-22-40-71-67(6,7)8)65-46(2)49(26-16-12-13-21-39-70-66(3,4)5)63-51(30-25-32-55(63)65)48-36-38-62-58(44-48)53-28-18-20-34-60(53)69(62)10;;;/h17-20,24-25,27-38,42-44H,12-16,21-23,26,39-41H2,1-11H3;2*1H;/q-2;;;+4/p-2. The molecule has 2 heterocycles. The number of halogens is 2. The molecule has 10 rings (SSSR count). The molecule has 2 aromatic heterocycles. The van der Waals surface area contributed by atoms with Crippen LogP contribution in [0.2, 0.25) is 12.6 Å². The summed E-state index contributed by atoms with van der Waals surface area (Å²) in [5, 5.41) is 14.4. The summed E-state index contributed by atoms with van der Waals surface area (Å²) in [6.07, 6.45) is 10.5. The van der Waals surface area contributed by atoms with Gasteiger partial charge in [0.05, 0.1) is 11.2 Å². The zero-order valence-corrected chi connectivity index (χ0v) is 51.5. The molecule has 75 heavy (non-hydrogen) atoms. The van der Waals surface area contributed by atoms with Crippen LogP contribution in [-0.2, 0) is 50.8 Å². The second-order valence-electron chi connectivity index (χ2n) is 23.4. The third kappa shape index (κ3) is 11.5. The van der Waals surface area contributed by atoms with Crippen molar-refractivity contribution in [2.45, 2.75) is 137 Å². The first-order valence-corrected chi connectivity index (χ1v) is 36.6. The number of unbranched alkanes of at least 4 members (excludes halogenated alkanes) is 6. The van der Waals surface area contributed by atoms with E-state index in [0.29, 0.717) is 0 Å². The van der Waals surface area contributed by atoms with E-state index in [9.17, 15) is 0 Å². The van der Waals surface area contributed by atoms with E-state index in [1.165, 1.54) is 138 Å². The van der Waals surface area contributed by atoms with Crippen molar-refractivity contribution in [2.75, 3.05) is 13.2 Å². The molecule has 8 aromatic carbocycles. The second-order valence-corrected chi connectivity index (χ2v) is 31.3. The quantitative estimate of drug-likeness (QED) is 0.0487. The Morgan fingerprint density at radius 3 is 1.55 bits per heavy atom. The van der Waals surface area contributed by atoms with E-state index in [-0.39, 0.29) is 11.2 Å². The van der Waals surface area contributed by atoms with Gasteiger partial charge in [-0.05, 0) is 102 Å². The Morgan fingerprint density at radius 2 is 0.987 bits per heavy atom. The Labute approximate surface area is 467 Å². The van der Waals surface area contributed by atoms with Gasteiger partial charge in [-0.2, -0.15) is 6.07 Å². The Kier molecular flexibility index (Phi) is 17.3. The number of para-hydroxylation sites is 2. The van der Waals surface area contributed by atoms with E-state index in [2.05, 4.69) is 213 Å². The minimum atomic E-state index is -2.48. The summed E-state index contributed by atoms with van der Waals surface area (Å²) >= 11 is -0.826. The third-order valence-corrected chi connectivity index (χ3v) is 21.0. The summed E-state index contributed by atoms with van der Waals surface area (Å²) in [5.41, 5.74) is 14.8. The van der Waals surface area contributed by atoms with Crippen molar-refractivity contribution >= 4 is 101 Å². The van der Waals surface area contributed by atoms with E-state index >= 15 is 0 Å². The molecule has 0 aliphatic rings. The van der Waals surface area contributed by atoms with Gasteiger partial charge in [-0.1, -0.05) is 143 Å². The molecule has 0 radical (unpaired) electrons. The van der Waals surface area contributed by atoms with Crippen LogP contribution in [0.4, 0.5) is 0 Å². The van der Waals surface area contributed by atoms with E-state index in [4.69, 9.17) is 26.5 Å². The van der Waals surface area contributed by atoms with Crippen molar-refractivity contribution < 1.29 is 30.3 Å². The summed E-state index contributed by atoms with van der Waals surface area (Å²) in [6.45, 7) is 22.3. The third-order valence-electron chi connectivity index (χ3n) is 16.1. The average Bonchev–Trinajstić information content (AvgIpc) is 4.10. The number of ether oxygens (including phenoxy) is 2. The first-order valence-electron chi connectivity index (χ1n) is 27.6. The number of rotatable bonds is 18. The van der Waals surface area contributed by atoms with Gasteiger partial charge in [-0.15, -0.1) is 72.9 Å². The molecule has 0 saturated carbocycles. The normalized spacial score (nSPS) is 13.1. The Hall–Kier alpha value is -4.26. The predicted octanol–water partition coefficient (Wildman–Crippen LogP) is 18.5. The molecule has 10 aromatic rings. The van der Waals surface area contributed by atoms with Crippen LogP contribution in [0.25, 0.3) is 87.4 Å². The van der Waals surface area contributed by atoms with E-state index < -0.39 is 28.9 Å². The van der Waals surface area contributed by atoms with Crippen LogP contribution >= 0.6 is 17.0 Å². The molecule has 390 valence electrons. The Balaban J connectivity index is 0.00000224. The zero-order valence-electron chi connectivity index (χ0n) is 46.6. The number of fused-ring (bicyclic) bond motifs is 8. The summed E-state index contributed by atoms with van der Waals surface area (Å²) in [7, 11) is 11.8. The van der Waals surface area contributed by atoms with E-state index in [1.807, 2.05) is 0 Å². The molecule has 8 heteroatoms. The Bertz CT molecular complexity index is 3620. The second kappa shape index (κ2) is 23.4. The van der Waals surface area contributed by atoms with Crippen molar-refractivity contribution in [3.8, 4) is 22.3 Å². The van der Waals surface area contributed by atoms with Crippen molar-refractivity contribution in [1.82, 2.24) is 9.13 Å². The molecule has 0 bridgehead atoms. The van der Waals surface area contributed by atoms with Crippen molar-refractivity contribution in [3.63, 3.8) is 0 Å². The van der Waals surface area contributed by atoms with Gasteiger partial charge in [0, 0.05) is 79.0 Å². The van der Waals surface area contributed by atoms with Crippen LogP contribution < -0.4 is 10.4 Å². The van der Waals surface area contributed by atoms with E-state index in [1.54, 1.807) is 21.5 Å². The van der Waals surface area contributed by atoms with Crippen molar-refractivity contribution in [1.29, 1.82) is 0 Å². The fourth-order valence-electron chi connectivity index (χ4n) is 12.8. The Morgan fingerprint density at radius 1 is 0.507 bits per heavy atom. The molecule has 0 aliphatic carbocycles. The van der Waals surface area contributed by atoms with Gasteiger partial charge in [0.1, 0.15) is 0 Å². The van der Waals surface area contributed by atoms with Gasteiger partial charge in [-0.3, -0.25) is 0 Å². The number of nitrogens with zero attached hydrogens (tertiary/aromatic N) is 2. The van der Waals surface area contributed by atoms with Crippen molar-refractivity contribution in [3.05, 3.63) is 144 Å².